The highest BCUT2D eigenvalue weighted by Crippen LogP contribution is 2.20. The van der Waals surface area contributed by atoms with Crippen LogP contribution in [0.15, 0.2) is 42.5 Å². The number of nitrogens with one attached hydrogen (secondary N) is 3. The van der Waals surface area contributed by atoms with Gasteiger partial charge in [0, 0.05) is 25.2 Å². The largest absolute Gasteiger partial charge is 0.376 e. The number of anilines is 1. The van der Waals surface area contributed by atoms with Crippen LogP contribution in [0.3, 0.4) is 0 Å². The number of hydrogen-bond acceptors (Lipinski definition) is 4. The fraction of sp³-hybridized carbons (Fsp3) is 0.348. The van der Waals surface area contributed by atoms with Crippen LogP contribution in [-0.4, -0.2) is 35.7 Å². The van der Waals surface area contributed by atoms with E-state index in [1.807, 2.05) is 63.2 Å². The molecule has 0 bridgehead atoms. The molecule has 1 aliphatic rings. The predicted octanol–water partition coefficient (Wildman–Crippen LogP) is 2.22. The number of likely N-dealkylation sites (tertiary alicyclic amines) is 1. The van der Waals surface area contributed by atoms with Gasteiger partial charge in [-0.15, -0.1) is 0 Å². The summed E-state index contributed by atoms with van der Waals surface area (Å²) in [6.45, 7) is 6.84. The molecule has 3 N–H and O–H groups in total. The number of nitrogens with zero attached hydrogens (tertiary/aromatic N) is 1. The second-order valence-electron chi connectivity index (χ2n) is 7.87. The van der Waals surface area contributed by atoms with E-state index in [9.17, 15) is 14.4 Å². The highest BCUT2D eigenvalue weighted by atomic mass is 16.2. The Morgan fingerprint density at radius 1 is 1.00 bits per heavy atom. The topological polar surface area (TPSA) is 90.5 Å². The van der Waals surface area contributed by atoms with Crippen LogP contribution >= 0.6 is 0 Å². The van der Waals surface area contributed by atoms with Crippen LogP contribution in [0.25, 0.3) is 0 Å². The summed E-state index contributed by atoms with van der Waals surface area (Å²) in [6, 6.07) is 13.9. The SMILES string of the molecule is Cc1ccc(CN2CC(C(=O)NNC(=O)CNc3ccc(C)cc3C)CC2=O)cc1. The summed E-state index contributed by atoms with van der Waals surface area (Å²) in [4.78, 5) is 38.4. The molecule has 0 aliphatic carbocycles. The van der Waals surface area contributed by atoms with Gasteiger partial charge in [0.25, 0.3) is 5.91 Å². The van der Waals surface area contributed by atoms with Crippen molar-refractivity contribution < 1.29 is 14.4 Å². The molecule has 2 aromatic rings. The van der Waals surface area contributed by atoms with Crippen molar-refractivity contribution in [2.45, 2.75) is 33.7 Å². The van der Waals surface area contributed by atoms with Crippen molar-refractivity contribution in [1.82, 2.24) is 15.8 Å². The normalized spacial score (nSPS) is 15.8. The summed E-state index contributed by atoms with van der Waals surface area (Å²) >= 11 is 0. The van der Waals surface area contributed by atoms with Gasteiger partial charge in [-0.3, -0.25) is 25.2 Å². The van der Waals surface area contributed by atoms with Crippen LogP contribution in [0.4, 0.5) is 5.69 Å². The van der Waals surface area contributed by atoms with Crippen molar-refractivity contribution in [2.24, 2.45) is 5.92 Å². The van der Waals surface area contributed by atoms with Crippen molar-refractivity contribution in [1.29, 1.82) is 0 Å². The van der Waals surface area contributed by atoms with Gasteiger partial charge in [-0.25, -0.2) is 0 Å². The average Bonchev–Trinajstić information content (AvgIpc) is 3.07. The van der Waals surface area contributed by atoms with E-state index in [0.29, 0.717) is 13.1 Å². The molecular weight excluding hydrogens is 380 g/mol. The molecular formula is C23H28N4O3. The number of benzene rings is 2. The van der Waals surface area contributed by atoms with E-state index in [1.54, 1.807) is 4.90 Å². The number of hydrogen-bond donors (Lipinski definition) is 3. The Bertz CT molecular complexity index is 940. The number of rotatable bonds is 6. The maximum Gasteiger partial charge on any atom is 0.257 e. The fourth-order valence-electron chi connectivity index (χ4n) is 3.48. The van der Waals surface area contributed by atoms with Gasteiger partial charge in [0.15, 0.2) is 0 Å². The van der Waals surface area contributed by atoms with Gasteiger partial charge >= 0.3 is 0 Å². The Morgan fingerprint density at radius 3 is 2.40 bits per heavy atom. The van der Waals surface area contributed by atoms with E-state index in [1.165, 1.54) is 0 Å². The first-order valence-electron chi connectivity index (χ1n) is 10.0. The van der Waals surface area contributed by atoms with Crippen LogP contribution in [0, 0.1) is 26.7 Å². The first-order valence-corrected chi connectivity index (χ1v) is 10.0. The lowest BCUT2D eigenvalue weighted by Gasteiger charge is -2.17. The Balaban J connectivity index is 1.43. The highest BCUT2D eigenvalue weighted by Gasteiger charge is 2.34. The summed E-state index contributed by atoms with van der Waals surface area (Å²) in [6.07, 6.45) is 0.147. The van der Waals surface area contributed by atoms with Crippen molar-refractivity contribution in [3.05, 3.63) is 64.7 Å². The highest BCUT2D eigenvalue weighted by molar-refractivity contribution is 5.90. The number of carbonyl (C=O) groups is 3. The molecule has 1 unspecified atom stereocenters. The number of aryl methyl sites for hydroxylation is 3. The first-order chi connectivity index (χ1) is 14.3. The molecule has 0 spiro atoms. The van der Waals surface area contributed by atoms with Crippen LogP contribution in [0.5, 0.6) is 0 Å². The molecule has 1 saturated heterocycles. The standard InChI is InChI=1S/C23H28N4O3/c1-15-4-7-18(8-5-15)13-27-14-19(11-22(27)29)23(30)26-25-21(28)12-24-20-9-6-16(2)10-17(20)3/h4-10,19,24H,11-14H2,1-3H3,(H,25,28)(H,26,30). The zero-order valence-corrected chi connectivity index (χ0v) is 17.6. The number of carbonyl (C=O) groups excluding carboxylic acids is 3. The molecule has 2 aromatic carbocycles. The Morgan fingerprint density at radius 2 is 1.70 bits per heavy atom. The lowest BCUT2D eigenvalue weighted by molar-refractivity contribution is -0.131. The molecule has 0 saturated carbocycles. The fourth-order valence-corrected chi connectivity index (χ4v) is 3.48. The van der Waals surface area contributed by atoms with Crippen molar-refractivity contribution in [3.8, 4) is 0 Å². The third kappa shape index (κ3) is 5.59. The van der Waals surface area contributed by atoms with Crippen molar-refractivity contribution in [2.75, 3.05) is 18.4 Å². The van der Waals surface area contributed by atoms with Crippen molar-refractivity contribution >= 4 is 23.4 Å². The van der Waals surface area contributed by atoms with Gasteiger partial charge in [0.1, 0.15) is 0 Å². The van der Waals surface area contributed by atoms with E-state index in [0.717, 1.165) is 27.9 Å². The Labute approximate surface area is 176 Å². The van der Waals surface area contributed by atoms with Gasteiger partial charge in [0.2, 0.25) is 11.8 Å². The summed E-state index contributed by atoms with van der Waals surface area (Å²) < 4.78 is 0. The smallest absolute Gasteiger partial charge is 0.257 e. The summed E-state index contributed by atoms with van der Waals surface area (Å²) in [5, 5.41) is 3.05. The Hall–Kier alpha value is -3.35. The van der Waals surface area contributed by atoms with E-state index in [-0.39, 0.29) is 30.7 Å². The van der Waals surface area contributed by atoms with Gasteiger partial charge in [-0.1, -0.05) is 47.5 Å². The van der Waals surface area contributed by atoms with E-state index in [2.05, 4.69) is 16.2 Å². The molecule has 1 heterocycles. The number of hydrazine groups is 1. The van der Waals surface area contributed by atoms with Crippen LogP contribution < -0.4 is 16.2 Å². The molecule has 3 rings (SSSR count). The predicted molar refractivity (Wildman–Crippen MR) is 115 cm³/mol. The minimum atomic E-state index is -0.476. The van der Waals surface area contributed by atoms with E-state index >= 15 is 0 Å². The molecule has 7 nitrogen and oxygen atoms in total. The lowest BCUT2D eigenvalue weighted by atomic mass is 10.1. The second-order valence-corrected chi connectivity index (χ2v) is 7.87. The Kier molecular flexibility index (Phi) is 6.72. The van der Waals surface area contributed by atoms with Gasteiger partial charge < -0.3 is 10.2 Å². The first kappa shape index (κ1) is 21.4. The van der Waals surface area contributed by atoms with Crippen LogP contribution in [0.2, 0.25) is 0 Å². The minimum absolute atomic E-state index is 0.0350. The van der Waals surface area contributed by atoms with Crippen molar-refractivity contribution in [3.63, 3.8) is 0 Å². The van der Waals surface area contributed by atoms with Crippen LogP contribution in [0.1, 0.15) is 28.7 Å². The third-order valence-electron chi connectivity index (χ3n) is 5.23. The van der Waals surface area contributed by atoms with E-state index in [4.69, 9.17) is 0 Å². The van der Waals surface area contributed by atoms with Gasteiger partial charge in [-0.2, -0.15) is 0 Å². The molecule has 0 radical (unpaired) electrons. The molecule has 1 fully saturated rings. The van der Waals surface area contributed by atoms with E-state index < -0.39 is 5.92 Å². The average molecular weight is 409 g/mol. The monoisotopic (exact) mass is 408 g/mol. The molecule has 1 atom stereocenters. The molecule has 30 heavy (non-hydrogen) atoms. The molecule has 7 heteroatoms. The molecule has 0 aromatic heterocycles. The molecule has 1 aliphatic heterocycles. The molecule has 158 valence electrons. The maximum atomic E-state index is 12.4. The second kappa shape index (κ2) is 9.43. The van der Waals surface area contributed by atoms with Gasteiger partial charge in [0.05, 0.1) is 12.5 Å². The summed E-state index contributed by atoms with van der Waals surface area (Å²) in [5.41, 5.74) is 10.1. The number of amides is 3. The minimum Gasteiger partial charge on any atom is -0.376 e. The maximum absolute atomic E-state index is 12.4. The quantitative estimate of drug-likeness (QED) is 0.640. The summed E-state index contributed by atoms with van der Waals surface area (Å²) in [7, 11) is 0. The van der Waals surface area contributed by atoms with Crippen LogP contribution in [-0.2, 0) is 20.9 Å². The zero-order chi connectivity index (χ0) is 21.7. The molecule has 3 amide bonds. The van der Waals surface area contributed by atoms with Gasteiger partial charge in [-0.05, 0) is 38.0 Å². The zero-order valence-electron chi connectivity index (χ0n) is 17.6. The lowest BCUT2D eigenvalue weighted by Crippen LogP contribution is -2.47. The summed E-state index contributed by atoms with van der Waals surface area (Å²) in [5.74, 6) is -1.24. The third-order valence-corrected chi connectivity index (χ3v) is 5.23.